The molecular weight excluding hydrogens is 322 g/mol. The van der Waals surface area contributed by atoms with Crippen molar-refractivity contribution < 1.29 is 14.5 Å². The number of nitriles is 1. The lowest BCUT2D eigenvalue weighted by atomic mass is 9.81. The molecule has 2 aromatic rings. The second-order valence-corrected chi connectivity index (χ2v) is 5.48. The van der Waals surface area contributed by atoms with Crippen LogP contribution >= 0.6 is 0 Å². The number of esters is 1. The lowest BCUT2D eigenvalue weighted by molar-refractivity contribution is -0.384. The maximum Gasteiger partial charge on any atom is 0.302 e. The molecule has 0 saturated carbocycles. The van der Waals surface area contributed by atoms with Gasteiger partial charge in [0, 0.05) is 37.4 Å². The predicted octanol–water partition coefficient (Wildman–Crippen LogP) is 3.33. The summed E-state index contributed by atoms with van der Waals surface area (Å²) in [4.78, 5) is 25.4. The Hall–Kier alpha value is -3.27. The van der Waals surface area contributed by atoms with Crippen LogP contribution in [0.3, 0.4) is 0 Å². The molecule has 0 N–H and O–H groups in total. The number of non-ortho nitro benzene ring substituents is 1. The second kappa shape index (κ2) is 8.55. The van der Waals surface area contributed by atoms with E-state index >= 15 is 0 Å². The van der Waals surface area contributed by atoms with Crippen LogP contribution in [-0.2, 0) is 9.53 Å². The van der Waals surface area contributed by atoms with E-state index in [9.17, 15) is 20.2 Å². The molecule has 0 radical (unpaired) electrons. The summed E-state index contributed by atoms with van der Waals surface area (Å²) in [6.07, 6.45) is 3.67. The van der Waals surface area contributed by atoms with E-state index in [1.807, 2.05) is 6.07 Å². The van der Waals surface area contributed by atoms with Crippen molar-refractivity contribution in [1.82, 2.24) is 4.98 Å². The van der Waals surface area contributed by atoms with Gasteiger partial charge in [0.05, 0.1) is 23.5 Å². The average molecular weight is 339 g/mol. The maximum atomic E-state index is 11.0. The largest absolute Gasteiger partial charge is 0.466 e. The number of pyridine rings is 1. The van der Waals surface area contributed by atoms with E-state index in [1.54, 1.807) is 30.6 Å². The molecule has 25 heavy (non-hydrogen) atoms. The Kier molecular flexibility index (Phi) is 6.18. The Morgan fingerprint density at radius 1 is 1.32 bits per heavy atom. The van der Waals surface area contributed by atoms with Gasteiger partial charge in [0.15, 0.2) is 0 Å². The number of nitrogens with zero attached hydrogens (tertiary/aromatic N) is 3. The molecule has 7 heteroatoms. The number of carbonyl (C=O) groups excluding carboxylic acids is 1. The van der Waals surface area contributed by atoms with E-state index in [0.29, 0.717) is 6.42 Å². The van der Waals surface area contributed by atoms with Gasteiger partial charge >= 0.3 is 5.97 Å². The van der Waals surface area contributed by atoms with Crippen molar-refractivity contribution in [2.75, 3.05) is 6.61 Å². The molecule has 0 aliphatic heterocycles. The van der Waals surface area contributed by atoms with Crippen LogP contribution in [0.2, 0.25) is 0 Å². The molecule has 0 amide bonds. The second-order valence-electron chi connectivity index (χ2n) is 5.48. The summed E-state index contributed by atoms with van der Waals surface area (Å²) in [7, 11) is 0. The predicted molar refractivity (Wildman–Crippen MR) is 89.7 cm³/mol. The van der Waals surface area contributed by atoms with Gasteiger partial charge in [-0.25, -0.2) is 0 Å². The first-order valence-electron chi connectivity index (χ1n) is 7.70. The van der Waals surface area contributed by atoms with Crippen molar-refractivity contribution in [3.63, 3.8) is 0 Å². The van der Waals surface area contributed by atoms with E-state index in [-0.39, 0.29) is 18.2 Å². The van der Waals surface area contributed by atoms with E-state index in [2.05, 4.69) is 11.1 Å². The van der Waals surface area contributed by atoms with Crippen LogP contribution in [-0.4, -0.2) is 22.5 Å². The molecule has 0 saturated heterocycles. The topological polar surface area (TPSA) is 106 Å². The molecule has 2 rings (SSSR count). The minimum absolute atomic E-state index is 0.0163. The van der Waals surface area contributed by atoms with Gasteiger partial charge in [-0.05, 0) is 23.6 Å². The first-order chi connectivity index (χ1) is 12.0. The monoisotopic (exact) mass is 339 g/mol. The highest BCUT2D eigenvalue weighted by Gasteiger charge is 2.26. The summed E-state index contributed by atoms with van der Waals surface area (Å²) < 4.78 is 5.01. The van der Waals surface area contributed by atoms with Crippen molar-refractivity contribution in [2.45, 2.75) is 25.2 Å². The van der Waals surface area contributed by atoms with Crippen molar-refractivity contribution >= 4 is 11.7 Å². The average Bonchev–Trinajstić information content (AvgIpc) is 2.62. The lowest BCUT2D eigenvalue weighted by Crippen LogP contribution is -2.14. The van der Waals surface area contributed by atoms with Crippen LogP contribution in [0.15, 0.2) is 48.8 Å². The van der Waals surface area contributed by atoms with E-state index in [0.717, 1.165) is 11.1 Å². The fourth-order valence-corrected chi connectivity index (χ4v) is 2.66. The summed E-state index contributed by atoms with van der Waals surface area (Å²) in [6, 6.07) is 11.9. The summed E-state index contributed by atoms with van der Waals surface area (Å²) in [5.41, 5.74) is 1.50. The smallest absolute Gasteiger partial charge is 0.302 e. The third-order valence-corrected chi connectivity index (χ3v) is 3.85. The number of nitro benzene ring substituents is 1. The van der Waals surface area contributed by atoms with Crippen LogP contribution in [0.4, 0.5) is 5.69 Å². The third-order valence-electron chi connectivity index (χ3n) is 3.85. The van der Waals surface area contributed by atoms with Crippen molar-refractivity contribution in [2.24, 2.45) is 0 Å². The zero-order chi connectivity index (χ0) is 18.2. The number of aromatic nitrogens is 1. The molecule has 0 fully saturated rings. The van der Waals surface area contributed by atoms with Crippen molar-refractivity contribution in [3.8, 4) is 6.07 Å². The summed E-state index contributed by atoms with van der Waals surface area (Å²) in [6.45, 7) is 1.49. The van der Waals surface area contributed by atoms with Gasteiger partial charge in [0.2, 0.25) is 0 Å². The number of carbonyl (C=O) groups is 1. The summed E-state index contributed by atoms with van der Waals surface area (Å²) in [5, 5.41) is 20.5. The fourth-order valence-electron chi connectivity index (χ4n) is 2.66. The van der Waals surface area contributed by atoms with Crippen LogP contribution in [0, 0.1) is 21.4 Å². The highest BCUT2D eigenvalue weighted by molar-refractivity contribution is 5.65. The molecule has 2 atom stereocenters. The van der Waals surface area contributed by atoms with Gasteiger partial charge in [-0.3, -0.25) is 19.9 Å². The Morgan fingerprint density at radius 2 is 2.04 bits per heavy atom. The molecule has 0 aliphatic carbocycles. The van der Waals surface area contributed by atoms with Gasteiger partial charge < -0.3 is 4.74 Å². The van der Waals surface area contributed by atoms with E-state index < -0.39 is 16.8 Å². The Balaban J connectivity index is 2.32. The molecule has 7 nitrogen and oxygen atoms in total. The normalized spacial score (nSPS) is 12.6. The highest BCUT2D eigenvalue weighted by Crippen LogP contribution is 2.35. The first-order valence-corrected chi connectivity index (χ1v) is 7.70. The zero-order valence-electron chi connectivity index (χ0n) is 13.7. The molecule has 0 spiro atoms. The number of nitro groups is 1. The van der Waals surface area contributed by atoms with Gasteiger partial charge in [0.25, 0.3) is 5.69 Å². The number of hydrogen-bond donors (Lipinski definition) is 0. The van der Waals surface area contributed by atoms with E-state index in [1.165, 1.54) is 19.1 Å². The zero-order valence-corrected chi connectivity index (χ0v) is 13.7. The van der Waals surface area contributed by atoms with Crippen LogP contribution in [0.1, 0.15) is 36.3 Å². The molecule has 0 aliphatic rings. The van der Waals surface area contributed by atoms with Crippen LogP contribution in [0.5, 0.6) is 0 Å². The fraction of sp³-hybridized carbons (Fsp3) is 0.278. The summed E-state index contributed by atoms with van der Waals surface area (Å²) >= 11 is 0. The molecule has 1 heterocycles. The lowest BCUT2D eigenvalue weighted by Gasteiger charge is -2.22. The first kappa shape index (κ1) is 18.1. The molecule has 0 unspecified atom stereocenters. The van der Waals surface area contributed by atoms with Gasteiger partial charge in [-0.15, -0.1) is 0 Å². The Morgan fingerprint density at radius 3 is 2.56 bits per heavy atom. The van der Waals surface area contributed by atoms with Gasteiger partial charge in [-0.1, -0.05) is 18.2 Å². The molecule has 128 valence electrons. The van der Waals surface area contributed by atoms with Crippen molar-refractivity contribution in [3.05, 3.63) is 70.0 Å². The number of hydrogen-bond acceptors (Lipinski definition) is 6. The van der Waals surface area contributed by atoms with E-state index in [4.69, 9.17) is 4.74 Å². The maximum absolute atomic E-state index is 11.0. The van der Waals surface area contributed by atoms with Gasteiger partial charge in [0.1, 0.15) is 0 Å². The van der Waals surface area contributed by atoms with Crippen LogP contribution < -0.4 is 0 Å². The number of rotatable bonds is 7. The highest BCUT2D eigenvalue weighted by atomic mass is 16.6. The molecule has 1 aromatic heterocycles. The van der Waals surface area contributed by atoms with Crippen molar-refractivity contribution in [1.29, 1.82) is 5.26 Å². The number of ether oxygens (including phenoxy) is 1. The van der Waals surface area contributed by atoms with Gasteiger partial charge in [-0.2, -0.15) is 5.26 Å². The minimum atomic E-state index is -0.509. The van der Waals surface area contributed by atoms with Crippen LogP contribution in [0.25, 0.3) is 0 Å². The third kappa shape index (κ3) is 4.85. The SMILES string of the molecule is CC(=O)OCC[C@@H](c1ccc([N+](=O)[O-])cc1)[C@@H](C#N)c1cccnc1. The quantitative estimate of drug-likeness (QED) is 0.435. The molecule has 0 bridgehead atoms. The molecular formula is C18H17N3O4. The minimum Gasteiger partial charge on any atom is -0.466 e. The Labute approximate surface area is 145 Å². The Bertz CT molecular complexity index is 769. The molecule has 1 aromatic carbocycles. The standard InChI is InChI=1S/C18H17N3O4/c1-13(22)25-10-8-17(14-4-6-16(7-5-14)21(23)24)18(11-19)15-3-2-9-20-12-15/h2-7,9,12,17-18H,8,10H2,1H3/t17-,18-/m0/s1. The number of benzene rings is 1. The summed E-state index contributed by atoms with van der Waals surface area (Å²) in [5.74, 6) is -1.18.